The molecule has 0 spiro atoms. The summed E-state index contributed by atoms with van der Waals surface area (Å²) in [5.74, 6) is -0.263. The quantitative estimate of drug-likeness (QED) is 0.806. The first kappa shape index (κ1) is 12.3. The molecular weight excluding hydrogens is 309 g/mol. The van der Waals surface area contributed by atoms with E-state index in [2.05, 4.69) is 25.9 Å². The molecule has 0 amide bonds. The molecule has 0 radical (unpaired) electrons. The topological polar surface area (TPSA) is 50.7 Å². The van der Waals surface area contributed by atoms with Gasteiger partial charge in [-0.2, -0.15) is 0 Å². The van der Waals surface area contributed by atoms with Crippen LogP contribution in [0.2, 0.25) is 0 Å². The third kappa shape index (κ3) is 2.04. The second-order valence-corrected chi connectivity index (χ2v) is 5.27. The standard InChI is InChI=1S/C14H11BrFN3/c1-7-6-10-13(11(15)12(7)17)19-14(18-10)8-2-4-9(16)5-3-8/h2-6,14H,17H2,1H3/t14-/m0/s1. The van der Waals surface area contributed by atoms with Gasteiger partial charge in [-0.05, 0) is 52.2 Å². The largest absolute Gasteiger partial charge is 0.398 e. The Kier molecular flexibility index (Phi) is 2.86. The molecule has 0 unspecified atom stereocenters. The van der Waals surface area contributed by atoms with Crippen LogP contribution in [0.15, 0.2) is 44.8 Å². The number of nitrogens with zero attached hydrogens (tertiary/aromatic N) is 2. The monoisotopic (exact) mass is 319 g/mol. The predicted molar refractivity (Wildman–Crippen MR) is 74.7 cm³/mol. The average molecular weight is 320 g/mol. The van der Waals surface area contributed by atoms with Gasteiger partial charge in [0, 0.05) is 0 Å². The van der Waals surface area contributed by atoms with Crippen molar-refractivity contribution in [2.75, 3.05) is 5.73 Å². The Balaban J connectivity index is 2.15. The van der Waals surface area contributed by atoms with E-state index in [1.54, 1.807) is 12.1 Å². The molecule has 0 aromatic heterocycles. The summed E-state index contributed by atoms with van der Waals surface area (Å²) >= 11 is 3.45. The van der Waals surface area contributed by atoms with Crippen LogP contribution in [0.1, 0.15) is 17.3 Å². The van der Waals surface area contributed by atoms with Crippen LogP contribution in [0.3, 0.4) is 0 Å². The van der Waals surface area contributed by atoms with Gasteiger partial charge in [-0.25, -0.2) is 4.39 Å². The fraction of sp³-hybridized carbons (Fsp3) is 0.143. The van der Waals surface area contributed by atoms with Crippen LogP contribution < -0.4 is 16.4 Å². The summed E-state index contributed by atoms with van der Waals surface area (Å²) in [7, 11) is 0. The summed E-state index contributed by atoms with van der Waals surface area (Å²) < 4.78 is 13.7. The number of hydrogen-bond acceptors (Lipinski definition) is 3. The van der Waals surface area contributed by atoms with Gasteiger partial charge in [0.15, 0.2) is 6.17 Å². The van der Waals surface area contributed by atoms with Crippen molar-refractivity contribution in [1.29, 1.82) is 0 Å². The van der Waals surface area contributed by atoms with Crippen molar-refractivity contribution in [3.8, 4) is 0 Å². The van der Waals surface area contributed by atoms with Gasteiger partial charge in [0.2, 0.25) is 0 Å². The van der Waals surface area contributed by atoms with Crippen LogP contribution in [0, 0.1) is 12.7 Å². The van der Waals surface area contributed by atoms with Gasteiger partial charge in [-0.3, -0.25) is 9.98 Å². The van der Waals surface area contributed by atoms with E-state index >= 15 is 0 Å². The van der Waals surface area contributed by atoms with Crippen LogP contribution in [0.25, 0.3) is 0 Å². The Morgan fingerprint density at radius 1 is 1.21 bits per heavy atom. The highest BCUT2D eigenvalue weighted by atomic mass is 79.9. The molecule has 3 rings (SSSR count). The molecule has 3 nitrogen and oxygen atoms in total. The van der Waals surface area contributed by atoms with Crippen molar-refractivity contribution in [1.82, 2.24) is 0 Å². The molecule has 5 heteroatoms. The Morgan fingerprint density at radius 2 is 1.89 bits per heavy atom. The van der Waals surface area contributed by atoms with Crippen LogP contribution in [-0.2, 0) is 0 Å². The third-order valence-electron chi connectivity index (χ3n) is 3.15. The van der Waals surface area contributed by atoms with Gasteiger partial charge in [0.05, 0.1) is 15.5 Å². The van der Waals surface area contributed by atoms with E-state index in [0.717, 1.165) is 26.3 Å². The van der Waals surface area contributed by atoms with Crippen LogP contribution in [0.5, 0.6) is 0 Å². The molecule has 2 N–H and O–H groups in total. The Morgan fingerprint density at radius 3 is 2.58 bits per heavy atom. The molecule has 2 aromatic rings. The molecule has 1 heterocycles. The zero-order valence-electron chi connectivity index (χ0n) is 10.2. The molecular formula is C14H11BrFN3. The van der Waals surface area contributed by atoms with Crippen molar-refractivity contribution in [2.45, 2.75) is 13.1 Å². The van der Waals surface area contributed by atoms with Crippen LogP contribution in [-0.4, -0.2) is 0 Å². The van der Waals surface area contributed by atoms with Crippen molar-refractivity contribution in [3.05, 3.63) is 62.5 Å². The lowest BCUT2D eigenvalue weighted by Crippen LogP contribution is -2.24. The SMILES string of the molecule is Cc1cc2c(c(Br)c1N)=N[C@@H](c1ccc(F)cc1)N=2. The van der Waals surface area contributed by atoms with E-state index in [0.29, 0.717) is 5.69 Å². The van der Waals surface area contributed by atoms with E-state index in [1.807, 2.05) is 13.0 Å². The molecule has 96 valence electrons. The number of nitrogens with two attached hydrogens (primary N) is 1. The van der Waals surface area contributed by atoms with E-state index in [4.69, 9.17) is 5.73 Å². The first-order valence-corrected chi connectivity index (χ1v) is 6.61. The zero-order valence-corrected chi connectivity index (χ0v) is 11.8. The lowest BCUT2D eigenvalue weighted by atomic mass is 10.2. The molecule has 1 aliphatic rings. The molecule has 0 bridgehead atoms. The first-order valence-electron chi connectivity index (χ1n) is 5.82. The molecule has 0 aliphatic carbocycles. The summed E-state index contributed by atoms with van der Waals surface area (Å²) in [4.78, 5) is 9.08. The Labute approximate surface area is 117 Å². The molecule has 1 atom stereocenters. The first-order chi connectivity index (χ1) is 9.06. The lowest BCUT2D eigenvalue weighted by molar-refractivity contribution is 0.625. The number of fused-ring (bicyclic) bond motifs is 1. The maximum atomic E-state index is 12.9. The lowest BCUT2D eigenvalue weighted by Gasteiger charge is -2.03. The van der Waals surface area contributed by atoms with Crippen LogP contribution in [0.4, 0.5) is 10.1 Å². The number of halogens is 2. The van der Waals surface area contributed by atoms with E-state index in [1.165, 1.54) is 12.1 Å². The predicted octanol–water partition coefficient (Wildman–Crippen LogP) is 2.43. The molecule has 0 saturated carbocycles. The minimum Gasteiger partial charge on any atom is -0.398 e. The summed E-state index contributed by atoms with van der Waals surface area (Å²) in [6.45, 7) is 1.93. The minimum atomic E-state index is -0.326. The fourth-order valence-corrected chi connectivity index (χ4v) is 2.67. The van der Waals surface area contributed by atoms with Gasteiger partial charge in [-0.15, -0.1) is 0 Å². The molecule has 19 heavy (non-hydrogen) atoms. The van der Waals surface area contributed by atoms with Gasteiger partial charge in [0.1, 0.15) is 11.2 Å². The van der Waals surface area contributed by atoms with E-state index in [-0.39, 0.29) is 12.0 Å². The zero-order chi connectivity index (χ0) is 13.6. The van der Waals surface area contributed by atoms with Gasteiger partial charge in [0.25, 0.3) is 0 Å². The number of anilines is 1. The van der Waals surface area contributed by atoms with Gasteiger partial charge >= 0.3 is 0 Å². The van der Waals surface area contributed by atoms with Crippen molar-refractivity contribution < 1.29 is 4.39 Å². The normalized spacial score (nSPS) is 16.7. The number of nitrogen functional groups attached to an aromatic ring is 1. The molecule has 1 aliphatic heterocycles. The highest BCUT2D eigenvalue weighted by Crippen LogP contribution is 2.23. The summed E-state index contributed by atoms with van der Waals surface area (Å²) in [5.41, 5.74) is 8.46. The van der Waals surface area contributed by atoms with Crippen molar-refractivity contribution in [2.24, 2.45) is 9.98 Å². The van der Waals surface area contributed by atoms with Crippen molar-refractivity contribution >= 4 is 21.6 Å². The van der Waals surface area contributed by atoms with E-state index < -0.39 is 0 Å². The summed E-state index contributed by atoms with van der Waals surface area (Å²) in [5, 5.41) is 1.57. The second kappa shape index (κ2) is 4.42. The third-order valence-corrected chi connectivity index (χ3v) is 3.95. The fourth-order valence-electron chi connectivity index (χ4n) is 2.05. The number of benzene rings is 2. The van der Waals surface area contributed by atoms with E-state index in [9.17, 15) is 4.39 Å². The van der Waals surface area contributed by atoms with Gasteiger partial charge in [-0.1, -0.05) is 12.1 Å². The summed E-state index contributed by atoms with van der Waals surface area (Å²) in [6.07, 6.45) is -0.326. The molecule has 2 aromatic carbocycles. The Hall–Kier alpha value is -1.75. The van der Waals surface area contributed by atoms with Crippen molar-refractivity contribution in [3.63, 3.8) is 0 Å². The molecule has 0 fully saturated rings. The maximum Gasteiger partial charge on any atom is 0.166 e. The smallest absolute Gasteiger partial charge is 0.166 e. The van der Waals surface area contributed by atoms with Gasteiger partial charge < -0.3 is 5.73 Å². The minimum absolute atomic E-state index is 0.263. The highest BCUT2D eigenvalue weighted by Gasteiger charge is 2.16. The number of rotatable bonds is 1. The Bertz CT molecular complexity index is 769. The van der Waals surface area contributed by atoms with Crippen LogP contribution >= 0.6 is 15.9 Å². The maximum absolute atomic E-state index is 12.9. The molecule has 0 saturated heterocycles. The average Bonchev–Trinajstić information content (AvgIpc) is 2.81. The number of hydrogen-bond donors (Lipinski definition) is 1. The second-order valence-electron chi connectivity index (χ2n) is 4.47. The number of aryl methyl sites for hydroxylation is 1. The highest BCUT2D eigenvalue weighted by molar-refractivity contribution is 9.10. The summed E-state index contributed by atoms with van der Waals surface area (Å²) in [6, 6.07) is 8.14.